The van der Waals surface area contributed by atoms with Crippen LogP contribution in [0.4, 0.5) is 0 Å². The van der Waals surface area contributed by atoms with Crippen molar-refractivity contribution in [3.8, 4) is 0 Å². The van der Waals surface area contributed by atoms with Crippen molar-refractivity contribution in [1.82, 2.24) is 4.23 Å². The Morgan fingerprint density at radius 1 is 0.818 bits per heavy atom. The van der Waals surface area contributed by atoms with Crippen LogP contribution in [0, 0.1) is 0 Å². The van der Waals surface area contributed by atoms with Gasteiger partial charge in [0.05, 0.1) is 0 Å². The minimum atomic E-state index is -1.75. The monoisotopic (exact) mass is 345 g/mol. The van der Waals surface area contributed by atoms with Crippen LogP contribution < -0.4 is 0 Å². The summed E-state index contributed by atoms with van der Waals surface area (Å²) in [6.07, 6.45) is 0. The minimum Gasteiger partial charge on any atom is -0.368 e. The summed E-state index contributed by atoms with van der Waals surface area (Å²) in [6, 6.07) is 13.0. The third-order valence-electron chi connectivity index (χ3n) is 5.13. The van der Waals surface area contributed by atoms with E-state index in [0.717, 1.165) is 9.79 Å². The molecular formula is C18H23NS2Si. The van der Waals surface area contributed by atoms with E-state index < -0.39 is 8.24 Å². The van der Waals surface area contributed by atoms with Crippen LogP contribution in [-0.2, 0) is 0 Å². The molecule has 0 N–H and O–H groups in total. The molecule has 1 aromatic heterocycles. The fraction of sp³-hybridized carbons (Fsp3) is 0.333. The lowest BCUT2D eigenvalue weighted by Crippen LogP contribution is -2.45. The Morgan fingerprint density at radius 2 is 1.23 bits per heavy atom. The van der Waals surface area contributed by atoms with Crippen LogP contribution in [0.5, 0.6) is 0 Å². The lowest BCUT2D eigenvalue weighted by atomic mass is 10.1. The molecule has 0 aliphatic carbocycles. The van der Waals surface area contributed by atoms with E-state index in [4.69, 9.17) is 0 Å². The molecule has 0 aliphatic rings. The van der Waals surface area contributed by atoms with Gasteiger partial charge in [-0.25, -0.2) is 0 Å². The predicted molar refractivity (Wildman–Crippen MR) is 107 cm³/mol. The maximum Gasteiger partial charge on any atom is 0.161 e. The normalized spacial score (nSPS) is 13.2. The first-order valence-corrected chi connectivity index (χ1v) is 11.4. The van der Waals surface area contributed by atoms with Crippen molar-refractivity contribution in [1.29, 1.82) is 0 Å². The van der Waals surface area contributed by atoms with Crippen molar-refractivity contribution in [3.05, 3.63) is 36.4 Å². The van der Waals surface area contributed by atoms with Gasteiger partial charge in [-0.05, 0) is 29.3 Å². The highest BCUT2D eigenvalue weighted by molar-refractivity contribution is 7.80. The van der Waals surface area contributed by atoms with Gasteiger partial charge >= 0.3 is 0 Å². The quantitative estimate of drug-likeness (QED) is 0.381. The lowest BCUT2D eigenvalue weighted by molar-refractivity contribution is 0.705. The van der Waals surface area contributed by atoms with Gasteiger partial charge in [0.2, 0.25) is 0 Å². The van der Waals surface area contributed by atoms with Crippen molar-refractivity contribution in [2.24, 2.45) is 0 Å². The fourth-order valence-corrected chi connectivity index (χ4v) is 5.57. The van der Waals surface area contributed by atoms with Crippen LogP contribution >= 0.6 is 25.3 Å². The predicted octanol–water partition coefficient (Wildman–Crippen LogP) is 6.23. The average molecular weight is 346 g/mol. The van der Waals surface area contributed by atoms with E-state index in [2.05, 4.69) is 99.8 Å². The molecule has 0 fully saturated rings. The van der Waals surface area contributed by atoms with Crippen molar-refractivity contribution < 1.29 is 0 Å². The summed E-state index contributed by atoms with van der Waals surface area (Å²) in [5.74, 6) is 0. The Hall–Kier alpha value is -0.843. The molecule has 1 heterocycles. The molecule has 0 saturated heterocycles. The van der Waals surface area contributed by atoms with Crippen molar-refractivity contribution in [2.75, 3.05) is 0 Å². The smallest absolute Gasteiger partial charge is 0.161 e. The standard InChI is InChI=1S/C18H23NS2Si/c1-18(2,3)22(4,5)19-16-10-12(20)6-8-14(16)15-9-7-13(21)11-17(15)19/h6-11,20-21H,1-5H3. The van der Waals surface area contributed by atoms with Gasteiger partial charge in [-0.15, -0.1) is 25.3 Å². The van der Waals surface area contributed by atoms with Crippen molar-refractivity contribution >= 4 is 55.3 Å². The molecule has 0 saturated carbocycles. The number of rotatable bonds is 1. The summed E-state index contributed by atoms with van der Waals surface area (Å²) < 4.78 is 2.59. The number of hydrogen-bond donors (Lipinski definition) is 2. The second kappa shape index (κ2) is 5.08. The summed E-state index contributed by atoms with van der Waals surface area (Å²) in [5, 5.41) is 2.88. The summed E-state index contributed by atoms with van der Waals surface area (Å²) in [6.45, 7) is 12.0. The van der Waals surface area contributed by atoms with E-state index in [9.17, 15) is 0 Å². The van der Waals surface area contributed by atoms with Crippen LogP contribution in [0.1, 0.15) is 20.8 Å². The second-order valence-corrected chi connectivity index (χ2v) is 13.6. The third-order valence-corrected chi connectivity index (χ3v) is 11.0. The number of fused-ring (bicyclic) bond motifs is 3. The molecule has 3 aromatic rings. The Morgan fingerprint density at radius 3 is 1.59 bits per heavy atom. The van der Waals surface area contributed by atoms with E-state index in [1.165, 1.54) is 21.8 Å². The molecule has 0 spiro atoms. The molecule has 0 unspecified atom stereocenters. The molecule has 0 radical (unpaired) electrons. The highest BCUT2D eigenvalue weighted by Gasteiger charge is 2.39. The molecule has 4 heteroatoms. The zero-order valence-electron chi connectivity index (χ0n) is 13.8. The Bertz CT molecular complexity index is 813. The zero-order valence-corrected chi connectivity index (χ0v) is 16.6. The third kappa shape index (κ3) is 2.32. The summed E-state index contributed by atoms with van der Waals surface area (Å²) in [7, 11) is -1.75. The van der Waals surface area contributed by atoms with Crippen LogP contribution in [0.2, 0.25) is 18.1 Å². The van der Waals surface area contributed by atoms with Crippen molar-refractivity contribution in [3.63, 3.8) is 0 Å². The van der Waals surface area contributed by atoms with Crippen molar-refractivity contribution in [2.45, 2.75) is 48.7 Å². The Balaban J connectivity index is 2.54. The van der Waals surface area contributed by atoms with Crippen LogP contribution in [0.25, 0.3) is 21.8 Å². The van der Waals surface area contributed by atoms with E-state index >= 15 is 0 Å². The van der Waals surface area contributed by atoms with Gasteiger partial charge in [-0.1, -0.05) is 46.0 Å². The zero-order chi connectivity index (χ0) is 16.3. The topological polar surface area (TPSA) is 4.93 Å². The van der Waals surface area contributed by atoms with E-state index in [0.29, 0.717) is 0 Å². The Labute approximate surface area is 144 Å². The molecule has 0 amide bonds. The largest absolute Gasteiger partial charge is 0.368 e. The molecule has 0 aliphatic heterocycles. The molecule has 22 heavy (non-hydrogen) atoms. The van der Waals surface area contributed by atoms with Gasteiger partial charge in [0.25, 0.3) is 0 Å². The highest BCUT2D eigenvalue weighted by Crippen LogP contribution is 2.43. The first kappa shape index (κ1) is 16.0. The molecule has 2 aromatic carbocycles. The molecule has 116 valence electrons. The number of aromatic nitrogens is 1. The maximum absolute atomic E-state index is 4.56. The van der Waals surface area contributed by atoms with Gasteiger partial charge in [-0.3, -0.25) is 0 Å². The SMILES string of the molecule is CC(C)(C)[Si](C)(C)n1c2cc(S)ccc2c2ccc(S)cc21. The Kier molecular flexibility index (Phi) is 3.70. The lowest BCUT2D eigenvalue weighted by Gasteiger charge is -2.39. The number of nitrogens with zero attached hydrogens (tertiary/aromatic N) is 1. The van der Waals surface area contributed by atoms with E-state index in [1.54, 1.807) is 0 Å². The van der Waals surface area contributed by atoms with E-state index in [-0.39, 0.29) is 5.04 Å². The summed E-state index contributed by atoms with van der Waals surface area (Å²) >= 11 is 9.13. The summed E-state index contributed by atoms with van der Waals surface area (Å²) in [4.78, 5) is 2.03. The number of hydrogen-bond acceptors (Lipinski definition) is 2. The molecule has 3 rings (SSSR count). The second-order valence-electron chi connectivity index (χ2n) is 7.55. The van der Waals surface area contributed by atoms with Crippen LogP contribution in [-0.4, -0.2) is 12.5 Å². The summed E-state index contributed by atoms with van der Waals surface area (Å²) in [5.41, 5.74) is 2.60. The molecule has 0 atom stereocenters. The number of thiol groups is 2. The van der Waals surface area contributed by atoms with E-state index in [1.807, 2.05) is 0 Å². The maximum atomic E-state index is 4.56. The van der Waals surface area contributed by atoms with Gasteiger partial charge in [0.15, 0.2) is 8.24 Å². The molecule has 0 bridgehead atoms. The average Bonchev–Trinajstić information content (AvgIpc) is 2.69. The van der Waals surface area contributed by atoms with Gasteiger partial charge < -0.3 is 4.23 Å². The first-order chi connectivity index (χ1) is 10.1. The minimum absolute atomic E-state index is 0.255. The molecule has 1 nitrogen and oxygen atoms in total. The van der Waals surface area contributed by atoms with Gasteiger partial charge in [-0.2, -0.15) is 0 Å². The first-order valence-electron chi connectivity index (χ1n) is 7.59. The fourth-order valence-electron chi connectivity index (χ4n) is 2.93. The highest BCUT2D eigenvalue weighted by atomic mass is 32.1. The van der Waals surface area contributed by atoms with Crippen LogP contribution in [0.15, 0.2) is 46.2 Å². The molecular weight excluding hydrogens is 322 g/mol. The number of benzene rings is 2. The van der Waals surface area contributed by atoms with Gasteiger partial charge in [0, 0.05) is 31.6 Å². The van der Waals surface area contributed by atoms with Crippen LogP contribution in [0.3, 0.4) is 0 Å². The van der Waals surface area contributed by atoms with Gasteiger partial charge in [0.1, 0.15) is 0 Å².